The van der Waals surface area contributed by atoms with Crippen LogP contribution < -0.4 is 5.32 Å². The number of hydrazine groups is 1. The fourth-order valence-corrected chi connectivity index (χ4v) is 1.90. The number of piperazine rings is 1. The van der Waals surface area contributed by atoms with Gasteiger partial charge >= 0.3 is 0 Å². The summed E-state index contributed by atoms with van der Waals surface area (Å²) in [6, 6.07) is 0. The lowest BCUT2D eigenvalue weighted by Crippen LogP contribution is -2.44. The molecule has 0 amide bonds. The van der Waals surface area contributed by atoms with Crippen LogP contribution in [-0.2, 0) is 0 Å². The summed E-state index contributed by atoms with van der Waals surface area (Å²) in [6.07, 6.45) is 5.80. The van der Waals surface area contributed by atoms with Gasteiger partial charge in [0.2, 0.25) is 0 Å². The molecule has 0 saturated carbocycles. The molecule has 6 nitrogen and oxygen atoms in total. The van der Waals surface area contributed by atoms with Crippen molar-refractivity contribution in [3.63, 3.8) is 0 Å². The van der Waals surface area contributed by atoms with Crippen molar-refractivity contribution >= 4 is 12.4 Å². The van der Waals surface area contributed by atoms with Crippen molar-refractivity contribution in [2.45, 2.75) is 0 Å². The average Bonchev–Trinajstić information content (AvgIpc) is 2.77. The maximum Gasteiger partial charge on any atom is 0.0977 e. The summed E-state index contributed by atoms with van der Waals surface area (Å²) in [5, 5.41) is 15.5. The maximum atomic E-state index is 4.33. The van der Waals surface area contributed by atoms with Gasteiger partial charge in [-0.05, 0) is 0 Å². The van der Waals surface area contributed by atoms with E-state index in [1.54, 1.807) is 5.12 Å². The summed E-state index contributed by atoms with van der Waals surface area (Å²) in [5.41, 5.74) is 1.15. The van der Waals surface area contributed by atoms with Gasteiger partial charge in [0, 0.05) is 26.2 Å². The zero-order chi connectivity index (χ0) is 10.1. The van der Waals surface area contributed by atoms with Gasteiger partial charge in [-0.15, -0.1) is 0 Å². The van der Waals surface area contributed by atoms with Gasteiger partial charge in [0.25, 0.3) is 0 Å². The number of nitrogens with one attached hydrogen (secondary N) is 1. The van der Waals surface area contributed by atoms with E-state index in [0.717, 1.165) is 38.4 Å². The summed E-state index contributed by atoms with van der Waals surface area (Å²) in [5.74, 6) is 0. The fourth-order valence-electron chi connectivity index (χ4n) is 1.90. The number of hydrazone groups is 2. The van der Waals surface area contributed by atoms with Crippen LogP contribution in [0.15, 0.2) is 22.1 Å². The zero-order valence-corrected chi connectivity index (χ0v) is 8.50. The van der Waals surface area contributed by atoms with Crippen molar-refractivity contribution in [1.82, 2.24) is 20.5 Å². The van der Waals surface area contributed by atoms with Crippen LogP contribution in [0.3, 0.4) is 0 Å². The highest BCUT2D eigenvalue weighted by Gasteiger charge is 2.21. The molecule has 0 aromatic carbocycles. The van der Waals surface area contributed by atoms with E-state index in [-0.39, 0.29) is 0 Å². The lowest BCUT2D eigenvalue weighted by molar-refractivity contribution is 0.0583. The molecular weight excluding hydrogens is 192 g/mol. The summed E-state index contributed by atoms with van der Waals surface area (Å²) in [7, 11) is 0. The molecule has 0 aliphatic carbocycles. The average molecular weight is 206 g/mol. The molecule has 1 saturated heterocycles. The van der Waals surface area contributed by atoms with Crippen molar-refractivity contribution < 1.29 is 0 Å². The van der Waals surface area contributed by atoms with Crippen LogP contribution >= 0.6 is 0 Å². The van der Waals surface area contributed by atoms with Gasteiger partial charge in [0.15, 0.2) is 0 Å². The second-order valence-electron chi connectivity index (χ2n) is 3.71. The number of hydrogen-bond acceptors (Lipinski definition) is 6. The minimum absolute atomic E-state index is 0.766. The third kappa shape index (κ3) is 1.56. The van der Waals surface area contributed by atoms with E-state index in [2.05, 4.69) is 20.4 Å². The molecule has 3 rings (SSSR count). The molecule has 15 heavy (non-hydrogen) atoms. The quantitative estimate of drug-likeness (QED) is 0.613. The third-order valence-electron chi connectivity index (χ3n) is 2.73. The molecule has 0 bridgehead atoms. The van der Waals surface area contributed by atoms with Gasteiger partial charge in [-0.1, -0.05) is 0 Å². The Morgan fingerprint density at radius 1 is 1.20 bits per heavy atom. The van der Waals surface area contributed by atoms with Crippen LogP contribution in [-0.4, -0.2) is 60.3 Å². The van der Waals surface area contributed by atoms with Gasteiger partial charge < -0.3 is 10.2 Å². The molecule has 0 spiro atoms. The fraction of sp³-hybridized carbons (Fsp3) is 0.556. The first-order valence-corrected chi connectivity index (χ1v) is 5.24. The first-order chi connectivity index (χ1) is 7.43. The normalized spacial score (nSPS) is 24.5. The summed E-state index contributed by atoms with van der Waals surface area (Å²) in [4.78, 5) is 2.32. The number of fused-ring (bicyclic) bond motifs is 1. The van der Waals surface area contributed by atoms with Crippen LogP contribution in [0.2, 0.25) is 0 Å². The van der Waals surface area contributed by atoms with E-state index in [1.807, 2.05) is 23.7 Å². The van der Waals surface area contributed by atoms with Crippen molar-refractivity contribution in [3.05, 3.63) is 11.9 Å². The predicted octanol–water partition coefficient (Wildman–Crippen LogP) is -0.749. The Labute approximate surface area is 88.5 Å². The Morgan fingerprint density at radius 2 is 2.07 bits per heavy atom. The third-order valence-corrected chi connectivity index (χ3v) is 2.73. The van der Waals surface area contributed by atoms with Crippen LogP contribution in [0.5, 0.6) is 0 Å². The monoisotopic (exact) mass is 206 g/mol. The van der Waals surface area contributed by atoms with Crippen LogP contribution in [0.1, 0.15) is 0 Å². The molecule has 80 valence electrons. The van der Waals surface area contributed by atoms with Crippen LogP contribution in [0.4, 0.5) is 0 Å². The Balaban J connectivity index is 1.75. The lowest BCUT2D eigenvalue weighted by atomic mass is 10.3. The van der Waals surface area contributed by atoms with E-state index >= 15 is 0 Å². The Bertz CT molecular complexity index is 327. The van der Waals surface area contributed by atoms with Crippen LogP contribution in [0, 0.1) is 0 Å². The first kappa shape index (κ1) is 8.72. The Kier molecular flexibility index (Phi) is 2.06. The van der Waals surface area contributed by atoms with Gasteiger partial charge in [-0.25, -0.2) is 0 Å². The summed E-state index contributed by atoms with van der Waals surface area (Å²) >= 11 is 0. The molecule has 0 radical (unpaired) electrons. The van der Waals surface area contributed by atoms with Gasteiger partial charge in [-0.2, -0.15) is 20.4 Å². The summed E-state index contributed by atoms with van der Waals surface area (Å²) in [6.45, 7) is 4.92. The second-order valence-corrected chi connectivity index (χ2v) is 3.71. The topological polar surface area (TPSA) is 46.5 Å². The number of rotatable bonds is 1. The number of hydrogen-bond donors (Lipinski definition) is 1. The summed E-state index contributed by atoms with van der Waals surface area (Å²) < 4.78 is 0. The molecule has 0 aromatic heterocycles. The molecule has 3 heterocycles. The minimum Gasteiger partial charge on any atom is -0.366 e. The zero-order valence-electron chi connectivity index (χ0n) is 8.50. The molecule has 3 aliphatic rings. The van der Waals surface area contributed by atoms with Crippen LogP contribution in [0.25, 0.3) is 0 Å². The second kappa shape index (κ2) is 3.54. The Morgan fingerprint density at radius 3 is 2.93 bits per heavy atom. The molecule has 1 fully saturated rings. The standard InChI is InChI=1S/C9H14N6/c1-4-13(5-2-10-1)9-7-12-14-6-3-11-15(14)8-9/h3,7-8,10H,1-2,4-6H2. The van der Waals surface area contributed by atoms with Gasteiger partial charge in [0.05, 0.1) is 30.9 Å². The smallest absolute Gasteiger partial charge is 0.0977 e. The van der Waals surface area contributed by atoms with E-state index < -0.39 is 0 Å². The maximum absolute atomic E-state index is 4.33. The number of allylic oxidation sites excluding steroid dienone is 1. The Hall–Kier alpha value is -1.56. The highest BCUT2D eigenvalue weighted by atomic mass is 15.9. The highest BCUT2D eigenvalue weighted by Crippen LogP contribution is 2.15. The van der Waals surface area contributed by atoms with E-state index in [9.17, 15) is 0 Å². The lowest BCUT2D eigenvalue weighted by Gasteiger charge is -2.33. The largest absolute Gasteiger partial charge is 0.366 e. The van der Waals surface area contributed by atoms with E-state index in [4.69, 9.17) is 0 Å². The predicted molar refractivity (Wildman–Crippen MR) is 58.1 cm³/mol. The molecule has 1 N–H and O–H groups in total. The molecule has 3 aliphatic heterocycles. The van der Waals surface area contributed by atoms with Gasteiger partial charge in [-0.3, -0.25) is 0 Å². The molecule has 0 atom stereocenters. The van der Waals surface area contributed by atoms with E-state index in [0.29, 0.717) is 0 Å². The highest BCUT2D eigenvalue weighted by molar-refractivity contribution is 5.78. The van der Waals surface area contributed by atoms with Crippen molar-refractivity contribution in [2.24, 2.45) is 10.2 Å². The number of nitrogens with zero attached hydrogens (tertiary/aromatic N) is 5. The molecule has 0 aromatic rings. The molecular formula is C9H14N6. The molecule has 6 heteroatoms. The minimum atomic E-state index is 0.766. The molecule has 0 unspecified atom stereocenters. The van der Waals surface area contributed by atoms with Crippen molar-refractivity contribution in [3.8, 4) is 0 Å². The van der Waals surface area contributed by atoms with E-state index in [1.165, 1.54) is 0 Å². The first-order valence-electron chi connectivity index (χ1n) is 5.24. The van der Waals surface area contributed by atoms with Crippen molar-refractivity contribution in [2.75, 3.05) is 32.7 Å². The SMILES string of the molecule is C1=NN2C=C(N3CCNCC3)C=NN2C1. The van der Waals surface area contributed by atoms with Crippen molar-refractivity contribution in [1.29, 1.82) is 0 Å². The van der Waals surface area contributed by atoms with Gasteiger partial charge in [0.1, 0.15) is 0 Å².